The number of aryl methyl sites for hydroxylation is 2. The number of hydrogen-bond donors (Lipinski definition) is 2. The van der Waals surface area contributed by atoms with E-state index in [1.54, 1.807) is 0 Å². The van der Waals surface area contributed by atoms with E-state index in [4.69, 9.17) is 5.73 Å². The van der Waals surface area contributed by atoms with E-state index in [0.29, 0.717) is 0 Å². The van der Waals surface area contributed by atoms with Crippen molar-refractivity contribution in [2.75, 3.05) is 0 Å². The molecule has 72 valence electrons. The van der Waals surface area contributed by atoms with E-state index in [2.05, 4.69) is 13.0 Å². The molecule has 0 fully saturated rings. The van der Waals surface area contributed by atoms with Crippen molar-refractivity contribution in [1.29, 1.82) is 0 Å². The first kappa shape index (κ1) is 10.2. The van der Waals surface area contributed by atoms with Gasteiger partial charge >= 0.3 is 0 Å². The third-order valence-electron chi connectivity index (χ3n) is 2.14. The third kappa shape index (κ3) is 2.54. The predicted molar refractivity (Wildman–Crippen MR) is 54.3 cm³/mol. The maximum Gasteiger partial charge on any atom is 0.128 e. The number of hydrogen-bond acceptors (Lipinski definition) is 2. The van der Waals surface area contributed by atoms with Crippen LogP contribution in [0.3, 0.4) is 0 Å². The summed E-state index contributed by atoms with van der Waals surface area (Å²) in [5, 5.41) is 9.30. The fraction of sp³-hybridized carbons (Fsp3) is 0.455. The van der Waals surface area contributed by atoms with Gasteiger partial charge in [0, 0.05) is 0 Å². The molecule has 0 amide bonds. The minimum Gasteiger partial charge on any atom is -0.375 e. The van der Waals surface area contributed by atoms with Gasteiger partial charge in [-0.15, -0.1) is 0 Å². The van der Waals surface area contributed by atoms with Gasteiger partial charge in [0.1, 0.15) is 6.23 Å². The number of nitrogens with two attached hydrogens (primary N) is 1. The van der Waals surface area contributed by atoms with Crippen LogP contribution in [0.5, 0.6) is 0 Å². The highest BCUT2D eigenvalue weighted by atomic mass is 16.3. The second kappa shape index (κ2) is 4.40. The maximum absolute atomic E-state index is 9.30. The van der Waals surface area contributed by atoms with E-state index in [0.717, 1.165) is 24.0 Å². The molecule has 0 aliphatic rings. The van der Waals surface area contributed by atoms with Crippen LogP contribution in [0.1, 0.15) is 36.3 Å². The number of aliphatic hydroxyl groups is 1. The van der Waals surface area contributed by atoms with Crippen LogP contribution in [0.15, 0.2) is 18.2 Å². The second-order valence-corrected chi connectivity index (χ2v) is 3.40. The molecular weight excluding hydrogens is 162 g/mol. The Hall–Kier alpha value is -0.860. The van der Waals surface area contributed by atoms with Crippen molar-refractivity contribution in [1.82, 2.24) is 0 Å². The molecule has 13 heavy (non-hydrogen) atoms. The first-order chi connectivity index (χ1) is 6.15. The van der Waals surface area contributed by atoms with Crippen molar-refractivity contribution in [3.05, 3.63) is 34.9 Å². The number of rotatable bonds is 3. The summed E-state index contributed by atoms with van der Waals surface area (Å²) >= 11 is 0. The van der Waals surface area contributed by atoms with E-state index >= 15 is 0 Å². The lowest BCUT2D eigenvalue weighted by Crippen LogP contribution is -2.11. The molecule has 2 heteroatoms. The molecule has 1 aromatic carbocycles. The highest BCUT2D eigenvalue weighted by molar-refractivity contribution is 5.32. The van der Waals surface area contributed by atoms with Crippen molar-refractivity contribution >= 4 is 0 Å². The Labute approximate surface area is 79.4 Å². The average Bonchev–Trinajstić information content (AvgIpc) is 2.04. The molecule has 0 bridgehead atoms. The molecule has 2 nitrogen and oxygen atoms in total. The molecule has 0 aliphatic heterocycles. The van der Waals surface area contributed by atoms with Gasteiger partial charge in [0.2, 0.25) is 0 Å². The highest BCUT2D eigenvalue weighted by Crippen LogP contribution is 2.17. The zero-order valence-corrected chi connectivity index (χ0v) is 8.25. The van der Waals surface area contributed by atoms with Gasteiger partial charge in [-0.25, -0.2) is 0 Å². The van der Waals surface area contributed by atoms with Gasteiger partial charge in [-0.1, -0.05) is 37.1 Å². The zero-order chi connectivity index (χ0) is 9.84. The average molecular weight is 179 g/mol. The largest absolute Gasteiger partial charge is 0.375 e. The van der Waals surface area contributed by atoms with Crippen LogP contribution in [0.2, 0.25) is 0 Å². The minimum atomic E-state index is -0.845. The van der Waals surface area contributed by atoms with E-state index in [1.165, 1.54) is 5.56 Å². The molecule has 1 unspecified atom stereocenters. The number of aliphatic hydroxyl groups excluding tert-OH is 1. The Balaban J connectivity index is 3.03. The molecular formula is C11H17NO. The normalized spacial score (nSPS) is 12.9. The summed E-state index contributed by atoms with van der Waals surface area (Å²) in [7, 11) is 0. The predicted octanol–water partition coefficient (Wildman–Crippen LogP) is 1.90. The van der Waals surface area contributed by atoms with Crippen molar-refractivity contribution in [3.63, 3.8) is 0 Å². The fourth-order valence-electron chi connectivity index (χ4n) is 1.51. The summed E-state index contributed by atoms with van der Waals surface area (Å²) in [5.74, 6) is 0. The Morgan fingerprint density at radius 2 is 2.15 bits per heavy atom. The Kier molecular flexibility index (Phi) is 3.46. The Bertz CT molecular complexity index is 281. The molecule has 0 spiro atoms. The van der Waals surface area contributed by atoms with Crippen molar-refractivity contribution in [2.45, 2.75) is 32.9 Å². The number of benzene rings is 1. The molecule has 1 atom stereocenters. The summed E-state index contributed by atoms with van der Waals surface area (Å²) in [6.07, 6.45) is 1.20. The molecule has 3 N–H and O–H groups in total. The minimum absolute atomic E-state index is 0.845. The van der Waals surface area contributed by atoms with Gasteiger partial charge in [0.25, 0.3) is 0 Å². The van der Waals surface area contributed by atoms with Crippen LogP contribution in [-0.4, -0.2) is 5.11 Å². The van der Waals surface area contributed by atoms with Crippen molar-refractivity contribution in [2.24, 2.45) is 5.73 Å². The lowest BCUT2D eigenvalue weighted by atomic mass is 10.00. The highest BCUT2D eigenvalue weighted by Gasteiger charge is 2.06. The van der Waals surface area contributed by atoms with E-state index in [1.807, 2.05) is 19.1 Å². The third-order valence-corrected chi connectivity index (χ3v) is 2.14. The van der Waals surface area contributed by atoms with Crippen LogP contribution >= 0.6 is 0 Å². The van der Waals surface area contributed by atoms with Gasteiger partial charge in [-0.05, 0) is 24.5 Å². The first-order valence-electron chi connectivity index (χ1n) is 4.68. The summed E-state index contributed by atoms with van der Waals surface area (Å²) in [4.78, 5) is 0. The van der Waals surface area contributed by atoms with Gasteiger partial charge in [0.15, 0.2) is 0 Å². The first-order valence-corrected chi connectivity index (χ1v) is 4.68. The van der Waals surface area contributed by atoms with Crippen LogP contribution < -0.4 is 5.73 Å². The van der Waals surface area contributed by atoms with Gasteiger partial charge < -0.3 is 10.8 Å². The summed E-state index contributed by atoms with van der Waals surface area (Å²) in [5.41, 5.74) is 8.68. The standard InChI is InChI=1S/C11H17NO/c1-3-4-9-7-8(2)5-6-10(9)11(12)13/h5-7,11,13H,3-4,12H2,1-2H3. The Morgan fingerprint density at radius 3 is 2.69 bits per heavy atom. The van der Waals surface area contributed by atoms with Gasteiger partial charge in [-0.2, -0.15) is 0 Å². The molecule has 0 saturated heterocycles. The second-order valence-electron chi connectivity index (χ2n) is 3.40. The fourth-order valence-corrected chi connectivity index (χ4v) is 1.51. The van der Waals surface area contributed by atoms with Crippen LogP contribution in [0, 0.1) is 6.92 Å². The summed E-state index contributed by atoms with van der Waals surface area (Å²) in [6, 6.07) is 5.98. The van der Waals surface area contributed by atoms with Crippen LogP contribution in [-0.2, 0) is 6.42 Å². The van der Waals surface area contributed by atoms with Gasteiger partial charge in [-0.3, -0.25) is 0 Å². The van der Waals surface area contributed by atoms with Crippen LogP contribution in [0.25, 0.3) is 0 Å². The molecule has 0 heterocycles. The summed E-state index contributed by atoms with van der Waals surface area (Å²) in [6.45, 7) is 4.17. The zero-order valence-electron chi connectivity index (χ0n) is 8.25. The topological polar surface area (TPSA) is 46.2 Å². The van der Waals surface area contributed by atoms with Crippen molar-refractivity contribution in [3.8, 4) is 0 Å². The lowest BCUT2D eigenvalue weighted by molar-refractivity contribution is 0.185. The lowest BCUT2D eigenvalue weighted by Gasteiger charge is -2.11. The quantitative estimate of drug-likeness (QED) is 0.696. The summed E-state index contributed by atoms with van der Waals surface area (Å²) < 4.78 is 0. The van der Waals surface area contributed by atoms with Crippen LogP contribution in [0.4, 0.5) is 0 Å². The smallest absolute Gasteiger partial charge is 0.128 e. The SMILES string of the molecule is CCCc1cc(C)ccc1C(N)O. The maximum atomic E-state index is 9.30. The molecule has 0 radical (unpaired) electrons. The van der Waals surface area contributed by atoms with E-state index in [-0.39, 0.29) is 0 Å². The van der Waals surface area contributed by atoms with Gasteiger partial charge in [0.05, 0.1) is 0 Å². The molecule has 1 rings (SSSR count). The molecule has 0 aromatic heterocycles. The monoisotopic (exact) mass is 179 g/mol. The van der Waals surface area contributed by atoms with E-state index in [9.17, 15) is 5.11 Å². The molecule has 1 aromatic rings. The Morgan fingerprint density at radius 1 is 1.46 bits per heavy atom. The molecule has 0 aliphatic carbocycles. The molecule has 0 saturated carbocycles. The van der Waals surface area contributed by atoms with Crippen molar-refractivity contribution < 1.29 is 5.11 Å². The van der Waals surface area contributed by atoms with E-state index < -0.39 is 6.23 Å².